The van der Waals surface area contributed by atoms with Crippen molar-refractivity contribution in [1.29, 1.82) is 0 Å². The van der Waals surface area contributed by atoms with Gasteiger partial charge in [-0.2, -0.15) is 0 Å². The molecule has 0 amide bonds. The van der Waals surface area contributed by atoms with Gasteiger partial charge < -0.3 is 5.73 Å². The Morgan fingerprint density at radius 2 is 2.25 bits per heavy atom. The maximum Gasteiger partial charge on any atom is 0.0457 e. The van der Waals surface area contributed by atoms with Crippen LogP contribution in [0, 0.1) is 0 Å². The molecule has 0 fully saturated rings. The lowest BCUT2D eigenvalue weighted by molar-refractivity contribution is 0.713. The number of benzene rings is 1. The molecule has 3 heteroatoms. The molecule has 1 aliphatic rings. The standard InChI is InChI=1S/C9H9BrClN/c10-6-2-3-7(11)9-5(6)1-4-8(9)12/h2-3,8H,1,4,12H2. The van der Waals surface area contributed by atoms with Gasteiger partial charge in [0, 0.05) is 15.5 Å². The summed E-state index contributed by atoms with van der Waals surface area (Å²) in [4.78, 5) is 0. The van der Waals surface area contributed by atoms with Gasteiger partial charge in [-0.25, -0.2) is 0 Å². The lowest BCUT2D eigenvalue weighted by atomic mass is 10.1. The highest BCUT2D eigenvalue weighted by Gasteiger charge is 2.23. The summed E-state index contributed by atoms with van der Waals surface area (Å²) in [6.45, 7) is 0. The summed E-state index contributed by atoms with van der Waals surface area (Å²) in [7, 11) is 0. The molecule has 0 saturated carbocycles. The van der Waals surface area contributed by atoms with Crippen LogP contribution in [-0.4, -0.2) is 0 Å². The van der Waals surface area contributed by atoms with E-state index in [2.05, 4.69) is 15.9 Å². The highest BCUT2D eigenvalue weighted by molar-refractivity contribution is 9.10. The summed E-state index contributed by atoms with van der Waals surface area (Å²) < 4.78 is 1.13. The summed E-state index contributed by atoms with van der Waals surface area (Å²) in [5, 5.41) is 0.804. The smallest absolute Gasteiger partial charge is 0.0457 e. The Labute approximate surface area is 85.0 Å². The molecule has 1 aromatic carbocycles. The number of rotatable bonds is 0. The Morgan fingerprint density at radius 1 is 1.50 bits per heavy atom. The van der Waals surface area contributed by atoms with Crippen LogP contribution in [0.25, 0.3) is 0 Å². The monoisotopic (exact) mass is 245 g/mol. The molecule has 1 unspecified atom stereocenters. The number of nitrogens with two attached hydrogens (primary N) is 1. The van der Waals surface area contributed by atoms with Crippen LogP contribution in [-0.2, 0) is 6.42 Å². The molecule has 1 aromatic rings. The zero-order chi connectivity index (χ0) is 8.72. The average Bonchev–Trinajstić information content (AvgIpc) is 2.42. The van der Waals surface area contributed by atoms with Crippen LogP contribution in [0.3, 0.4) is 0 Å². The molecule has 64 valence electrons. The predicted molar refractivity (Wildman–Crippen MR) is 54.4 cm³/mol. The van der Waals surface area contributed by atoms with Crippen molar-refractivity contribution < 1.29 is 0 Å². The molecule has 2 N–H and O–H groups in total. The second-order valence-electron chi connectivity index (χ2n) is 3.07. The van der Waals surface area contributed by atoms with E-state index in [4.69, 9.17) is 17.3 Å². The van der Waals surface area contributed by atoms with Crippen LogP contribution in [0.1, 0.15) is 23.6 Å². The van der Waals surface area contributed by atoms with Crippen LogP contribution >= 0.6 is 27.5 Å². The van der Waals surface area contributed by atoms with Crippen molar-refractivity contribution in [2.24, 2.45) is 5.73 Å². The molecule has 0 heterocycles. The number of hydrogen-bond donors (Lipinski definition) is 1. The van der Waals surface area contributed by atoms with Gasteiger partial charge in [-0.3, -0.25) is 0 Å². The fraction of sp³-hybridized carbons (Fsp3) is 0.333. The van der Waals surface area contributed by atoms with Crippen LogP contribution < -0.4 is 5.73 Å². The fourth-order valence-electron chi connectivity index (χ4n) is 1.71. The van der Waals surface area contributed by atoms with Crippen molar-refractivity contribution in [1.82, 2.24) is 0 Å². The number of hydrogen-bond acceptors (Lipinski definition) is 1. The summed E-state index contributed by atoms with van der Waals surface area (Å²) in [5.74, 6) is 0. The minimum Gasteiger partial charge on any atom is -0.324 e. The van der Waals surface area contributed by atoms with E-state index < -0.39 is 0 Å². The number of halogens is 2. The number of fused-ring (bicyclic) bond motifs is 1. The highest BCUT2D eigenvalue weighted by Crippen LogP contribution is 2.38. The van der Waals surface area contributed by atoms with Gasteiger partial charge in [0.15, 0.2) is 0 Å². The van der Waals surface area contributed by atoms with Crippen molar-refractivity contribution in [2.45, 2.75) is 18.9 Å². The van der Waals surface area contributed by atoms with Gasteiger partial charge >= 0.3 is 0 Å². The minimum atomic E-state index is 0.130. The van der Waals surface area contributed by atoms with Crippen molar-refractivity contribution in [3.63, 3.8) is 0 Å². The Kier molecular flexibility index (Phi) is 2.15. The van der Waals surface area contributed by atoms with E-state index in [-0.39, 0.29) is 6.04 Å². The third-order valence-electron chi connectivity index (χ3n) is 2.32. The zero-order valence-electron chi connectivity index (χ0n) is 6.48. The highest BCUT2D eigenvalue weighted by atomic mass is 79.9. The molecule has 0 aliphatic heterocycles. The molecule has 0 bridgehead atoms. The van der Waals surface area contributed by atoms with E-state index in [0.717, 1.165) is 27.9 Å². The second kappa shape index (κ2) is 3.02. The molecule has 1 nitrogen and oxygen atoms in total. The lowest BCUT2D eigenvalue weighted by Crippen LogP contribution is -2.05. The van der Waals surface area contributed by atoms with Gasteiger partial charge in [-0.1, -0.05) is 27.5 Å². The minimum absolute atomic E-state index is 0.130. The molecule has 0 radical (unpaired) electrons. The largest absolute Gasteiger partial charge is 0.324 e. The zero-order valence-corrected chi connectivity index (χ0v) is 8.82. The van der Waals surface area contributed by atoms with Gasteiger partial charge in [-0.15, -0.1) is 0 Å². The van der Waals surface area contributed by atoms with Gasteiger partial charge in [0.05, 0.1) is 0 Å². The Morgan fingerprint density at radius 3 is 2.92 bits per heavy atom. The van der Waals surface area contributed by atoms with Crippen molar-refractivity contribution in [3.8, 4) is 0 Å². The van der Waals surface area contributed by atoms with Crippen LogP contribution in [0.2, 0.25) is 5.02 Å². The van der Waals surface area contributed by atoms with E-state index in [1.54, 1.807) is 0 Å². The van der Waals surface area contributed by atoms with E-state index in [1.165, 1.54) is 5.56 Å². The first-order chi connectivity index (χ1) is 5.70. The molecule has 2 rings (SSSR count). The molecule has 0 aromatic heterocycles. The maximum absolute atomic E-state index is 6.04. The third-order valence-corrected chi connectivity index (χ3v) is 3.40. The van der Waals surface area contributed by atoms with Gasteiger partial charge in [0.2, 0.25) is 0 Å². The van der Waals surface area contributed by atoms with Gasteiger partial charge in [0.1, 0.15) is 0 Å². The molecule has 12 heavy (non-hydrogen) atoms. The Bertz CT molecular complexity index is 325. The van der Waals surface area contributed by atoms with Crippen molar-refractivity contribution in [3.05, 3.63) is 32.8 Å². The third kappa shape index (κ3) is 1.18. The molecule has 1 aliphatic carbocycles. The maximum atomic E-state index is 6.04. The Balaban J connectivity index is 2.64. The average molecular weight is 247 g/mol. The Hall–Kier alpha value is -0.0500. The summed E-state index contributed by atoms with van der Waals surface area (Å²) in [6, 6.07) is 4.01. The summed E-state index contributed by atoms with van der Waals surface area (Å²) >= 11 is 9.53. The first-order valence-electron chi connectivity index (χ1n) is 3.92. The topological polar surface area (TPSA) is 26.0 Å². The predicted octanol–water partition coefficient (Wildman–Crippen LogP) is 3.05. The first-order valence-corrected chi connectivity index (χ1v) is 5.09. The normalized spacial score (nSPS) is 21.1. The van der Waals surface area contributed by atoms with E-state index in [1.807, 2.05) is 12.1 Å². The van der Waals surface area contributed by atoms with Crippen molar-refractivity contribution >= 4 is 27.5 Å². The van der Waals surface area contributed by atoms with E-state index >= 15 is 0 Å². The van der Waals surface area contributed by atoms with Crippen LogP contribution in [0.4, 0.5) is 0 Å². The van der Waals surface area contributed by atoms with E-state index in [9.17, 15) is 0 Å². The fourth-order valence-corrected chi connectivity index (χ4v) is 2.57. The van der Waals surface area contributed by atoms with E-state index in [0.29, 0.717) is 0 Å². The van der Waals surface area contributed by atoms with Crippen molar-refractivity contribution in [2.75, 3.05) is 0 Å². The molecule has 0 saturated heterocycles. The molecule has 0 spiro atoms. The van der Waals surface area contributed by atoms with Gasteiger partial charge in [-0.05, 0) is 36.1 Å². The van der Waals surface area contributed by atoms with Crippen LogP contribution in [0.5, 0.6) is 0 Å². The SMILES string of the molecule is NC1CCc2c(Br)ccc(Cl)c21. The summed E-state index contributed by atoms with van der Waals surface area (Å²) in [5.41, 5.74) is 8.33. The molecule has 1 atom stereocenters. The lowest BCUT2D eigenvalue weighted by Gasteiger charge is -2.07. The van der Waals surface area contributed by atoms with Crippen LogP contribution in [0.15, 0.2) is 16.6 Å². The summed E-state index contributed by atoms with van der Waals surface area (Å²) in [6.07, 6.45) is 2.05. The second-order valence-corrected chi connectivity index (χ2v) is 4.33. The molecular formula is C9H9BrClN. The molecular weight excluding hydrogens is 237 g/mol. The quantitative estimate of drug-likeness (QED) is 0.748. The first kappa shape index (κ1) is 8.54. The van der Waals surface area contributed by atoms with Gasteiger partial charge in [0.25, 0.3) is 0 Å².